The summed E-state index contributed by atoms with van der Waals surface area (Å²) in [4.78, 5) is 4.56. The summed E-state index contributed by atoms with van der Waals surface area (Å²) in [7, 11) is -3.68. The zero-order chi connectivity index (χ0) is 17.3. The van der Waals surface area contributed by atoms with Crippen molar-refractivity contribution in [2.24, 2.45) is 0 Å². The second kappa shape index (κ2) is 6.55. The van der Waals surface area contributed by atoms with Crippen LogP contribution in [0.1, 0.15) is 11.1 Å². The fraction of sp³-hybridized carbons (Fsp3) is 0.118. The molecule has 0 saturated heterocycles. The second-order valence-electron chi connectivity index (χ2n) is 5.42. The SMILES string of the molecule is Cc1ccc(C)c(-c2csc(NS(=O)(=O)c3ccc(Cl)cc3)n2)c1. The zero-order valence-electron chi connectivity index (χ0n) is 13.1. The standard InChI is InChI=1S/C17H15ClN2O2S2/c1-11-3-4-12(2)15(9-11)16-10-23-17(19-16)20-24(21,22)14-7-5-13(18)6-8-14/h3-10H,1-2H3,(H,19,20). The van der Waals surface area contributed by atoms with E-state index in [-0.39, 0.29) is 4.90 Å². The second-order valence-corrected chi connectivity index (χ2v) is 8.39. The van der Waals surface area contributed by atoms with E-state index in [0.717, 1.165) is 22.4 Å². The first-order valence-corrected chi connectivity index (χ1v) is 9.91. The minimum Gasteiger partial charge on any atom is -0.255 e. The van der Waals surface area contributed by atoms with Crippen LogP contribution in [0.3, 0.4) is 0 Å². The maximum absolute atomic E-state index is 12.4. The van der Waals surface area contributed by atoms with Crippen molar-refractivity contribution in [1.82, 2.24) is 4.98 Å². The van der Waals surface area contributed by atoms with Gasteiger partial charge in [0.15, 0.2) is 5.13 Å². The van der Waals surface area contributed by atoms with E-state index in [1.165, 1.54) is 23.5 Å². The minimum atomic E-state index is -3.68. The maximum atomic E-state index is 12.4. The van der Waals surface area contributed by atoms with E-state index in [2.05, 4.69) is 9.71 Å². The van der Waals surface area contributed by atoms with Crippen LogP contribution in [0.4, 0.5) is 5.13 Å². The third kappa shape index (κ3) is 3.61. The third-order valence-electron chi connectivity index (χ3n) is 3.52. The van der Waals surface area contributed by atoms with Gasteiger partial charge in [-0.2, -0.15) is 0 Å². The van der Waals surface area contributed by atoms with Crippen molar-refractivity contribution in [3.8, 4) is 11.3 Å². The molecule has 1 N–H and O–H groups in total. The minimum absolute atomic E-state index is 0.149. The van der Waals surface area contributed by atoms with Crippen LogP contribution in [0.25, 0.3) is 11.3 Å². The lowest BCUT2D eigenvalue weighted by atomic mass is 10.0. The van der Waals surface area contributed by atoms with Crippen LogP contribution in [-0.2, 0) is 10.0 Å². The molecule has 0 fully saturated rings. The number of nitrogens with zero attached hydrogens (tertiary/aromatic N) is 1. The smallest absolute Gasteiger partial charge is 0.255 e. The van der Waals surface area contributed by atoms with Crippen LogP contribution in [0.5, 0.6) is 0 Å². The van der Waals surface area contributed by atoms with Crippen molar-refractivity contribution >= 4 is 38.1 Å². The highest BCUT2D eigenvalue weighted by molar-refractivity contribution is 7.93. The lowest BCUT2D eigenvalue weighted by Crippen LogP contribution is -2.12. The van der Waals surface area contributed by atoms with Gasteiger partial charge in [0.05, 0.1) is 10.6 Å². The molecule has 0 bridgehead atoms. The number of aromatic nitrogens is 1. The monoisotopic (exact) mass is 378 g/mol. The molecule has 0 atom stereocenters. The Bertz CT molecular complexity index is 980. The van der Waals surface area contributed by atoms with Crippen LogP contribution < -0.4 is 4.72 Å². The molecule has 3 aromatic rings. The highest BCUT2D eigenvalue weighted by Crippen LogP contribution is 2.29. The molecule has 0 aliphatic rings. The van der Waals surface area contributed by atoms with Crippen molar-refractivity contribution in [3.05, 3.63) is 64.0 Å². The van der Waals surface area contributed by atoms with E-state index in [1.54, 1.807) is 12.1 Å². The van der Waals surface area contributed by atoms with Gasteiger partial charge in [-0.3, -0.25) is 4.72 Å². The number of halogens is 1. The number of anilines is 1. The number of thiazole rings is 1. The van der Waals surface area contributed by atoms with Gasteiger partial charge in [-0.25, -0.2) is 13.4 Å². The van der Waals surface area contributed by atoms with E-state index >= 15 is 0 Å². The molecule has 0 spiro atoms. The summed E-state index contributed by atoms with van der Waals surface area (Å²) in [5.74, 6) is 0. The summed E-state index contributed by atoms with van der Waals surface area (Å²) in [6, 6.07) is 12.1. The van der Waals surface area contributed by atoms with E-state index in [0.29, 0.717) is 10.2 Å². The van der Waals surface area contributed by atoms with Gasteiger partial charge in [-0.15, -0.1) is 11.3 Å². The number of hydrogen-bond donors (Lipinski definition) is 1. The van der Waals surface area contributed by atoms with Crippen molar-refractivity contribution in [1.29, 1.82) is 0 Å². The molecule has 1 heterocycles. The first-order valence-electron chi connectivity index (χ1n) is 7.17. The molecule has 0 aliphatic heterocycles. The third-order valence-corrected chi connectivity index (χ3v) is 6.01. The van der Waals surface area contributed by atoms with Crippen molar-refractivity contribution in [3.63, 3.8) is 0 Å². The molecular formula is C17H15ClN2O2S2. The van der Waals surface area contributed by atoms with Crippen LogP contribution in [0.2, 0.25) is 5.02 Å². The van der Waals surface area contributed by atoms with Crippen molar-refractivity contribution in [2.45, 2.75) is 18.7 Å². The number of hydrogen-bond acceptors (Lipinski definition) is 4. The molecule has 1 aromatic heterocycles. The number of benzene rings is 2. The van der Waals surface area contributed by atoms with Gasteiger partial charge >= 0.3 is 0 Å². The Morgan fingerprint density at radius 2 is 1.79 bits per heavy atom. The summed E-state index contributed by atoms with van der Waals surface area (Å²) in [6.07, 6.45) is 0. The molecule has 24 heavy (non-hydrogen) atoms. The lowest BCUT2D eigenvalue weighted by molar-refractivity contribution is 0.601. The number of rotatable bonds is 4. The van der Waals surface area contributed by atoms with Crippen LogP contribution in [-0.4, -0.2) is 13.4 Å². The first-order chi connectivity index (χ1) is 11.3. The van der Waals surface area contributed by atoms with Crippen LogP contribution in [0, 0.1) is 13.8 Å². The molecule has 0 saturated carbocycles. The molecule has 2 aromatic carbocycles. The summed E-state index contributed by atoms with van der Waals surface area (Å²) < 4.78 is 27.3. The molecular weight excluding hydrogens is 364 g/mol. The first kappa shape index (κ1) is 17.0. The zero-order valence-corrected chi connectivity index (χ0v) is 15.5. The Labute approximate surface area is 150 Å². The summed E-state index contributed by atoms with van der Waals surface area (Å²) in [5.41, 5.74) is 3.99. The molecule has 0 aliphatic carbocycles. The highest BCUT2D eigenvalue weighted by atomic mass is 35.5. The number of aryl methyl sites for hydroxylation is 2. The Morgan fingerprint density at radius 1 is 1.08 bits per heavy atom. The number of sulfonamides is 1. The van der Waals surface area contributed by atoms with E-state index in [9.17, 15) is 8.42 Å². The molecule has 124 valence electrons. The molecule has 0 radical (unpaired) electrons. The van der Waals surface area contributed by atoms with Gasteiger partial charge < -0.3 is 0 Å². The average Bonchev–Trinajstić information content (AvgIpc) is 2.97. The Kier molecular flexibility index (Phi) is 4.62. The Morgan fingerprint density at radius 3 is 2.50 bits per heavy atom. The van der Waals surface area contributed by atoms with Gasteiger partial charge in [0.25, 0.3) is 10.0 Å². The average molecular weight is 379 g/mol. The van der Waals surface area contributed by atoms with Crippen LogP contribution in [0.15, 0.2) is 52.7 Å². The lowest BCUT2D eigenvalue weighted by Gasteiger charge is -2.06. The van der Waals surface area contributed by atoms with E-state index < -0.39 is 10.0 Å². The molecule has 4 nitrogen and oxygen atoms in total. The fourth-order valence-corrected chi connectivity index (χ4v) is 4.33. The molecule has 0 amide bonds. The number of nitrogens with one attached hydrogen (secondary N) is 1. The van der Waals surface area contributed by atoms with Gasteiger partial charge in [-0.05, 0) is 49.7 Å². The fourth-order valence-electron chi connectivity index (χ4n) is 2.24. The van der Waals surface area contributed by atoms with Gasteiger partial charge in [-0.1, -0.05) is 29.3 Å². The van der Waals surface area contributed by atoms with Gasteiger partial charge in [0, 0.05) is 16.0 Å². The quantitative estimate of drug-likeness (QED) is 0.703. The normalized spacial score (nSPS) is 11.5. The molecule has 7 heteroatoms. The summed E-state index contributed by atoms with van der Waals surface area (Å²) in [6.45, 7) is 4.02. The van der Waals surface area contributed by atoms with Crippen LogP contribution >= 0.6 is 22.9 Å². The Balaban J connectivity index is 1.88. The van der Waals surface area contributed by atoms with E-state index in [4.69, 9.17) is 11.6 Å². The van der Waals surface area contributed by atoms with Crippen molar-refractivity contribution in [2.75, 3.05) is 4.72 Å². The summed E-state index contributed by atoms with van der Waals surface area (Å²) in [5, 5.41) is 2.67. The predicted octanol–water partition coefficient (Wildman–Crippen LogP) is 4.88. The summed E-state index contributed by atoms with van der Waals surface area (Å²) >= 11 is 7.05. The maximum Gasteiger partial charge on any atom is 0.263 e. The van der Waals surface area contributed by atoms with Gasteiger partial charge in [0.2, 0.25) is 0 Å². The Hall–Kier alpha value is -1.89. The largest absolute Gasteiger partial charge is 0.263 e. The predicted molar refractivity (Wildman–Crippen MR) is 99.3 cm³/mol. The van der Waals surface area contributed by atoms with E-state index in [1.807, 2.05) is 37.4 Å². The molecule has 0 unspecified atom stereocenters. The topological polar surface area (TPSA) is 59.1 Å². The highest BCUT2D eigenvalue weighted by Gasteiger charge is 2.16. The molecule has 3 rings (SSSR count). The van der Waals surface area contributed by atoms with Crippen molar-refractivity contribution < 1.29 is 8.42 Å². The van der Waals surface area contributed by atoms with Gasteiger partial charge in [0.1, 0.15) is 0 Å².